The Hall–Kier alpha value is -2.93. The van der Waals surface area contributed by atoms with Gasteiger partial charge in [0.2, 0.25) is 0 Å². The molecule has 0 radical (unpaired) electrons. The molecule has 2 aliphatic carbocycles. The number of rotatable bonds is 2. The van der Waals surface area contributed by atoms with Crippen LogP contribution in [-0.2, 0) is 12.8 Å². The summed E-state index contributed by atoms with van der Waals surface area (Å²) in [6.45, 7) is 4.27. The van der Waals surface area contributed by atoms with Gasteiger partial charge in [0.25, 0.3) is 0 Å². The lowest BCUT2D eigenvalue weighted by atomic mass is 10.0. The lowest BCUT2D eigenvalue weighted by molar-refractivity contribution is 1.04. The molecular weight excluding hydrogens is 338 g/mol. The third kappa shape index (κ3) is 3.22. The van der Waals surface area contributed by atoms with Crippen LogP contribution in [0.1, 0.15) is 57.6 Å². The number of nitrogens with zero attached hydrogens (tertiary/aromatic N) is 1. The van der Waals surface area contributed by atoms with Gasteiger partial charge in [0.05, 0.1) is 11.4 Å². The van der Waals surface area contributed by atoms with Crippen molar-refractivity contribution < 1.29 is 0 Å². The van der Waals surface area contributed by atoms with Gasteiger partial charge in [0.15, 0.2) is 0 Å². The van der Waals surface area contributed by atoms with E-state index in [2.05, 4.69) is 80.6 Å². The van der Waals surface area contributed by atoms with Gasteiger partial charge in [0.1, 0.15) is 0 Å². The number of hydrogen-bond donors (Lipinski definition) is 0. The van der Waals surface area contributed by atoms with Crippen LogP contribution < -0.4 is 0 Å². The van der Waals surface area contributed by atoms with Gasteiger partial charge in [-0.2, -0.15) is 0 Å². The van der Waals surface area contributed by atoms with Gasteiger partial charge >= 0.3 is 0 Å². The maximum atomic E-state index is 5.19. The van der Waals surface area contributed by atoms with Crippen molar-refractivity contribution in [2.24, 2.45) is 0 Å². The van der Waals surface area contributed by atoms with Crippen molar-refractivity contribution in [2.45, 2.75) is 39.5 Å². The van der Waals surface area contributed by atoms with Gasteiger partial charge in [-0.15, -0.1) is 0 Å². The van der Waals surface area contributed by atoms with Crippen LogP contribution in [0.25, 0.3) is 23.3 Å². The quantitative estimate of drug-likeness (QED) is 0.495. The fourth-order valence-electron chi connectivity index (χ4n) is 4.32. The van der Waals surface area contributed by atoms with E-state index in [0.29, 0.717) is 0 Å². The average molecular weight is 364 g/mol. The van der Waals surface area contributed by atoms with E-state index in [-0.39, 0.29) is 0 Å². The molecule has 0 aliphatic heterocycles. The molecular formula is C27H25N. The van der Waals surface area contributed by atoms with Crippen molar-refractivity contribution in [1.29, 1.82) is 0 Å². The second-order valence-corrected chi connectivity index (χ2v) is 8.16. The largest absolute Gasteiger partial charge is 0.248 e. The highest BCUT2D eigenvalue weighted by Gasteiger charge is 2.25. The zero-order chi connectivity index (χ0) is 19.1. The second kappa shape index (κ2) is 6.91. The fraction of sp³-hybridized carbons (Fsp3) is 0.222. The highest BCUT2D eigenvalue weighted by Crippen LogP contribution is 2.39. The van der Waals surface area contributed by atoms with Crippen molar-refractivity contribution in [2.75, 3.05) is 0 Å². The van der Waals surface area contributed by atoms with E-state index in [9.17, 15) is 0 Å². The number of benzene rings is 2. The monoisotopic (exact) mass is 363 g/mol. The van der Waals surface area contributed by atoms with E-state index >= 15 is 0 Å². The van der Waals surface area contributed by atoms with Gasteiger partial charge < -0.3 is 0 Å². The van der Waals surface area contributed by atoms with E-state index in [0.717, 1.165) is 25.7 Å². The maximum absolute atomic E-state index is 5.19. The normalized spacial score (nSPS) is 17.9. The molecule has 0 saturated heterocycles. The number of aromatic nitrogens is 1. The highest BCUT2D eigenvalue weighted by molar-refractivity contribution is 5.88. The minimum atomic E-state index is 1.09. The second-order valence-electron chi connectivity index (χ2n) is 8.16. The van der Waals surface area contributed by atoms with E-state index < -0.39 is 0 Å². The van der Waals surface area contributed by atoms with E-state index in [1.807, 2.05) is 0 Å². The summed E-state index contributed by atoms with van der Waals surface area (Å²) < 4.78 is 0. The van der Waals surface area contributed by atoms with Crippen molar-refractivity contribution in [3.05, 3.63) is 99.4 Å². The van der Waals surface area contributed by atoms with Gasteiger partial charge in [0, 0.05) is 0 Å². The molecule has 3 aromatic rings. The molecule has 0 saturated carbocycles. The number of aryl methyl sites for hydroxylation is 4. The topological polar surface area (TPSA) is 12.9 Å². The van der Waals surface area contributed by atoms with Gasteiger partial charge in [-0.3, -0.25) is 0 Å². The van der Waals surface area contributed by atoms with Crippen molar-refractivity contribution in [3.8, 4) is 0 Å². The Bertz CT molecular complexity index is 1010. The summed E-state index contributed by atoms with van der Waals surface area (Å²) in [6.07, 6.45) is 9.06. The predicted octanol–water partition coefficient (Wildman–Crippen LogP) is 6.67. The maximum Gasteiger partial charge on any atom is 0.0701 e. The molecule has 1 heteroatoms. The van der Waals surface area contributed by atoms with E-state index in [1.165, 1.54) is 55.9 Å². The van der Waals surface area contributed by atoms with Crippen LogP contribution in [-0.4, -0.2) is 4.98 Å². The highest BCUT2D eigenvalue weighted by atomic mass is 14.7. The molecule has 2 aromatic carbocycles. The zero-order valence-electron chi connectivity index (χ0n) is 16.6. The van der Waals surface area contributed by atoms with Crippen LogP contribution in [0, 0.1) is 13.8 Å². The lowest BCUT2D eigenvalue weighted by Crippen LogP contribution is -1.95. The third-order valence-corrected chi connectivity index (χ3v) is 5.95. The fourth-order valence-corrected chi connectivity index (χ4v) is 4.32. The number of allylic oxidation sites excluding steroid dienone is 2. The molecule has 28 heavy (non-hydrogen) atoms. The summed E-state index contributed by atoms with van der Waals surface area (Å²) >= 11 is 0. The van der Waals surface area contributed by atoms with Crippen LogP contribution in [0.15, 0.2) is 54.6 Å². The smallest absolute Gasteiger partial charge is 0.0701 e. The molecule has 0 atom stereocenters. The Morgan fingerprint density at radius 3 is 1.46 bits per heavy atom. The summed E-state index contributed by atoms with van der Waals surface area (Å²) in [5.41, 5.74) is 13.2. The summed E-state index contributed by atoms with van der Waals surface area (Å²) in [6, 6.07) is 20.0. The molecule has 5 rings (SSSR count). The predicted molar refractivity (Wildman–Crippen MR) is 119 cm³/mol. The average Bonchev–Trinajstić information content (AvgIpc) is 3.28. The zero-order valence-corrected chi connectivity index (χ0v) is 16.6. The SMILES string of the molecule is Cc1ccc(/C=C2\CCc3cc4c(nc32)/C(=C/c2ccc(C)cc2)CC4)cc1. The lowest BCUT2D eigenvalue weighted by Gasteiger charge is -2.07. The van der Waals surface area contributed by atoms with Crippen molar-refractivity contribution in [1.82, 2.24) is 4.98 Å². The molecule has 1 heterocycles. The van der Waals surface area contributed by atoms with Crippen LogP contribution in [0.3, 0.4) is 0 Å². The molecule has 2 aliphatic rings. The molecule has 138 valence electrons. The molecule has 0 bridgehead atoms. The number of fused-ring (bicyclic) bond motifs is 2. The first kappa shape index (κ1) is 17.2. The van der Waals surface area contributed by atoms with Crippen LogP contribution in [0.4, 0.5) is 0 Å². The summed E-state index contributed by atoms with van der Waals surface area (Å²) in [7, 11) is 0. The van der Waals surface area contributed by atoms with Gasteiger partial charge in [-0.25, -0.2) is 4.98 Å². The Labute approximate surface area is 167 Å². The first-order chi connectivity index (χ1) is 13.7. The van der Waals surface area contributed by atoms with Gasteiger partial charge in [-0.1, -0.05) is 65.7 Å². The Morgan fingerprint density at radius 2 is 1.04 bits per heavy atom. The standard InChI is InChI=1S/C27H25N/c1-18-3-7-20(8-4-18)15-22-11-13-24-17-25-14-12-23(27(25)28-26(22)24)16-21-9-5-19(2)6-10-21/h3-10,15-17H,11-14H2,1-2H3/b22-15+,23-16+. The molecule has 0 amide bonds. The van der Waals surface area contributed by atoms with Gasteiger partial charge in [-0.05, 0) is 85.1 Å². The summed E-state index contributed by atoms with van der Waals surface area (Å²) in [5.74, 6) is 0. The molecule has 0 spiro atoms. The first-order valence-corrected chi connectivity index (χ1v) is 10.2. The first-order valence-electron chi connectivity index (χ1n) is 10.2. The number of pyridine rings is 1. The third-order valence-electron chi connectivity index (χ3n) is 5.95. The van der Waals surface area contributed by atoms with Crippen LogP contribution in [0.5, 0.6) is 0 Å². The number of hydrogen-bond acceptors (Lipinski definition) is 1. The molecule has 1 nitrogen and oxygen atoms in total. The van der Waals surface area contributed by atoms with E-state index in [1.54, 1.807) is 0 Å². The molecule has 0 N–H and O–H groups in total. The molecule has 0 fully saturated rings. The minimum absolute atomic E-state index is 1.09. The Kier molecular flexibility index (Phi) is 4.24. The van der Waals surface area contributed by atoms with E-state index in [4.69, 9.17) is 4.98 Å². The molecule has 1 aromatic heterocycles. The van der Waals surface area contributed by atoms with Crippen LogP contribution >= 0.6 is 0 Å². The summed E-state index contributed by atoms with van der Waals surface area (Å²) in [4.78, 5) is 5.19. The summed E-state index contributed by atoms with van der Waals surface area (Å²) in [5, 5.41) is 0. The van der Waals surface area contributed by atoms with Crippen molar-refractivity contribution >= 4 is 23.3 Å². The Morgan fingerprint density at radius 1 is 0.607 bits per heavy atom. The molecule has 0 unspecified atom stereocenters. The Balaban J connectivity index is 1.53. The van der Waals surface area contributed by atoms with Crippen LogP contribution in [0.2, 0.25) is 0 Å². The minimum Gasteiger partial charge on any atom is -0.248 e. The van der Waals surface area contributed by atoms with Crippen molar-refractivity contribution in [3.63, 3.8) is 0 Å².